The largest absolute Gasteiger partial charge is 0.492 e. The fourth-order valence-electron chi connectivity index (χ4n) is 1.97. The number of alkyl halides is 3. The number of nitrogens with one attached hydrogen (secondary N) is 1. The smallest absolute Gasteiger partial charge is 0.433 e. The Labute approximate surface area is 136 Å². The Hall–Kier alpha value is -2.61. The van der Waals surface area contributed by atoms with Gasteiger partial charge in [-0.3, -0.25) is 4.79 Å². The van der Waals surface area contributed by atoms with E-state index >= 15 is 0 Å². The van der Waals surface area contributed by atoms with E-state index in [0.29, 0.717) is 24.6 Å². The summed E-state index contributed by atoms with van der Waals surface area (Å²) in [5, 5.41) is 2.60. The lowest BCUT2D eigenvalue weighted by atomic mass is 10.1. The normalized spacial score (nSPS) is 11.2. The van der Waals surface area contributed by atoms with Gasteiger partial charge in [-0.1, -0.05) is 0 Å². The van der Waals surface area contributed by atoms with E-state index in [-0.39, 0.29) is 11.3 Å². The maximum Gasteiger partial charge on any atom is 0.433 e. The molecule has 0 aliphatic carbocycles. The second-order valence-electron chi connectivity index (χ2n) is 4.94. The molecule has 1 aromatic carbocycles. The van der Waals surface area contributed by atoms with Gasteiger partial charge in [0.25, 0.3) is 5.91 Å². The number of aryl methyl sites for hydroxylation is 1. The molecule has 24 heavy (non-hydrogen) atoms. The van der Waals surface area contributed by atoms with E-state index in [1.54, 1.807) is 24.3 Å². The topological polar surface area (TPSA) is 77.2 Å². The number of benzene rings is 1. The molecule has 8 heteroatoms. The van der Waals surface area contributed by atoms with Crippen molar-refractivity contribution in [3.8, 4) is 5.75 Å². The lowest BCUT2D eigenvalue weighted by Gasteiger charge is -2.11. The minimum Gasteiger partial charge on any atom is -0.492 e. The number of nitrogens with zero attached hydrogens (tertiary/aromatic N) is 1. The molecule has 1 aromatic heterocycles. The molecule has 0 aliphatic rings. The van der Waals surface area contributed by atoms with Crippen LogP contribution < -0.4 is 15.8 Å². The molecule has 0 radical (unpaired) electrons. The predicted octanol–water partition coefficient (Wildman–Crippen LogP) is 3.00. The van der Waals surface area contributed by atoms with Crippen molar-refractivity contribution in [3.05, 3.63) is 53.3 Å². The number of nitrogens with two attached hydrogens (primary N) is 1. The molecule has 0 saturated heterocycles. The zero-order valence-electron chi connectivity index (χ0n) is 12.9. The fourth-order valence-corrected chi connectivity index (χ4v) is 1.97. The van der Waals surface area contributed by atoms with E-state index in [0.717, 1.165) is 12.1 Å². The first-order valence-corrected chi connectivity index (χ1v) is 7.10. The first kappa shape index (κ1) is 17.7. The lowest BCUT2D eigenvalue weighted by molar-refractivity contribution is -0.141. The molecule has 0 unspecified atom stereocenters. The van der Waals surface area contributed by atoms with Crippen LogP contribution in [0.2, 0.25) is 0 Å². The number of anilines is 1. The number of ether oxygens (including phenoxy) is 1. The van der Waals surface area contributed by atoms with Gasteiger partial charge in [0.05, 0.1) is 11.3 Å². The molecule has 1 amide bonds. The zero-order valence-corrected chi connectivity index (χ0v) is 12.9. The predicted molar refractivity (Wildman–Crippen MR) is 82.9 cm³/mol. The second-order valence-corrected chi connectivity index (χ2v) is 4.94. The van der Waals surface area contributed by atoms with Crippen LogP contribution in [-0.4, -0.2) is 24.0 Å². The molecular weight excluding hydrogens is 323 g/mol. The van der Waals surface area contributed by atoms with E-state index in [4.69, 9.17) is 10.5 Å². The van der Waals surface area contributed by atoms with Crippen molar-refractivity contribution in [1.82, 2.24) is 4.98 Å². The van der Waals surface area contributed by atoms with Crippen LogP contribution in [-0.2, 0) is 6.18 Å². The van der Waals surface area contributed by atoms with E-state index in [1.165, 1.54) is 6.92 Å². The van der Waals surface area contributed by atoms with Crippen molar-refractivity contribution in [3.63, 3.8) is 0 Å². The summed E-state index contributed by atoms with van der Waals surface area (Å²) >= 11 is 0. The Kier molecular flexibility index (Phi) is 5.40. The molecule has 0 aliphatic heterocycles. The van der Waals surface area contributed by atoms with Crippen LogP contribution in [0.25, 0.3) is 0 Å². The molecule has 0 saturated carbocycles. The average molecular weight is 339 g/mol. The number of rotatable bonds is 5. The highest BCUT2D eigenvalue weighted by molar-refractivity contribution is 6.05. The molecular formula is C16H16F3N3O2. The van der Waals surface area contributed by atoms with Gasteiger partial charge in [0.2, 0.25) is 0 Å². The van der Waals surface area contributed by atoms with Gasteiger partial charge in [0, 0.05) is 12.2 Å². The molecule has 2 aromatic rings. The summed E-state index contributed by atoms with van der Waals surface area (Å²) in [5.41, 5.74) is 4.87. The summed E-state index contributed by atoms with van der Waals surface area (Å²) in [6.45, 7) is 2.12. The standard InChI is InChI=1S/C16H16F3N3O2/c1-10-13(6-7-14(21-10)16(17,18)19)15(23)22-11-2-4-12(5-3-11)24-9-8-20/h2-7H,8-9,20H2,1H3,(H,22,23). The highest BCUT2D eigenvalue weighted by Crippen LogP contribution is 2.28. The fraction of sp³-hybridized carbons (Fsp3) is 0.250. The summed E-state index contributed by atoms with van der Waals surface area (Å²) in [4.78, 5) is 15.6. The quantitative estimate of drug-likeness (QED) is 0.878. The van der Waals surface area contributed by atoms with Crippen molar-refractivity contribution in [2.24, 2.45) is 5.73 Å². The highest BCUT2D eigenvalue weighted by atomic mass is 19.4. The molecule has 0 atom stereocenters. The van der Waals surface area contributed by atoms with Crippen LogP contribution in [0.5, 0.6) is 5.75 Å². The van der Waals surface area contributed by atoms with Crippen molar-refractivity contribution >= 4 is 11.6 Å². The number of hydrogen-bond donors (Lipinski definition) is 2. The molecule has 0 spiro atoms. The van der Waals surface area contributed by atoms with Gasteiger partial charge in [-0.05, 0) is 43.3 Å². The Balaban J connectivity index is 2.09. The Morgan fingerprint density at radius 1 is 1.21 bits per heavy atom. The molecule has 2 rings (SSSR count). The van der Waals surface area contributed by atoms with E-state index < -0.39 is 17.8 Å². The molecule has 5 nitrogen and oxygen atoms in total. The van der Waals surface area contributed by atoms with Gasteiger partial charge >= 0.3 is 6.18 Å². The second kappa shape index (κ2) is 7.31. The van der Waals surface area contributed by atoms with Gasteiger partial charge in [-0.25, -0.2) is 4.98 Å². The Morgan fingerprint density at radius 3 is 2.42 bits per heavy atom. The van der Waals surface area contributed by atoms with Gasteiger partial charge < -0.3 is 15.8 Å². The van der Waals surface area contributed by atoms with Crippen molar-refractivity contribution in [1.29, 1.82) is 0 Å². The van der Waals surface area contributed by atoms with Crippen LogP contribution in [0.1, 0.15) is 21.7 Å². The van der Waals surface area contributed by atoms with E-state index in [9.17, 15) is 18.0 Å². The van der Waals surface area contributed by atoms with Gasteiger partial charge in [-0.2, -0.15) is 13.2 Å². The third-order valence-electron chi connectivity index (χ3n) is 3.12. The van der Waals surface area contributed by atoms with Crippen LogP contribution >= 0.6 is 0 Å². The number of amides is 1. The molecule has 3 N–H and O–H groups in total. The van der Waals surface area contributed by atoms with Crippen LogP contribution in [0.15, 0.2) is 36.4 Å². The summed E-state index contributed by atoms with van der Waals surface area (Å²) in [6, 6.07) is 8.45. The maximum atomic E-state index is 12.6. The average Bonchev–Trinajstić information content (AvgIpc) is 2.53. The third-order valence-corrected chi connectivity index (χ3v) is 3.12. The Morgan fingerprint density at radius 2 is 1.88 bits per heavy atom. The van der Waals surface area contributed by atoms with Crippen LogP contribution in [0.3, 0.4) is 0 Å². The van der Waals surface area contributed by atoms with Crippen molar-refractivity contribution < 1.29 is 22.7 Å². The summed E-state index contributed by atoms with van der Waals surface area (Å²) in [7, 11) is 0. The number of carbonyl (C=O) groups is 1. The summed E-state index contributed by atoms with van der Waals surface area (Å²) in [6.07, 6.45) is -4.54. The van der Waals surface area contributed by atoms with Crippen molar-refractivity contribution in [2.45, 2.75) is 13.1 Å². The number of aromatic nitrogens is 1. The minimum absolute atomic E-state index is 0.00484. The maximum absolute atomic E-state index is 12.6. The number of pyridine rings is 1. The van der Waals surface area contributed by atoms with E-state index in [2.05, 4.69) is 10.3 Å². The molecule has 0 fully saturated rings. The zero-order chi connectivity index (χ0) is 17.7. The number of halogens is 3. The lowest BCUT2D eigenvalue weighted by Crippen LogP contribution is -2.16. The van der Waals surface area contributed by atoms with Crippen molar-refractivity contribution in [2.75, 3.05) is 18.5 Å². The Bertz CT molecular complexity index is 715. The first-order chi connectivity index (χ1) is 11.3. The molecule has 1 heterocycles. The molecule has 0 bridgehead atoms. The minimum atomic E-state index is -4.54. The molecule has 128 valence electrons. The third kappa shape index (κ3) is 4.45. The van der Waals surface area contributed by atoms with Crippen LogP contribution in [0, 0.1) is 6.92 Å². The first-order valence-electron chi connectivity index (χ1n) is 7.10. The van der Waals surface area contributed by atoms with Gasteiger partial charge in [0.1, 0.15) is 18.1 Å². The number of carbonyl (C=O) groups excluding carboxylic acids is 1. The SMILES string of the molecule is Cc1nc(C(F)(F)F)ccc1C(=O)Nc1ccc(OCCN)cc1. The number of hydrogen-bond acceptors (Lipinski definition) is 4. The summed E-state index contributed by atoms with van der Waals surface area (Å²) < 4.78 is 43.1. The van der Waals surface area contributed by atoms with Gasteiger partial charge in [0.15, 0.2) is 0 Å². The van der Waals surface area contributed by atoms with Crippen LogP contribution in [0.4, 0.5) is 18.9 Å². The summed E-state index contributed by atoms with van der Waals surface area (Å²) in [5.74, 6) is 0.0650. The van der Waals surface area contributed by atoms with E-state index in [1.807, 2.05) is 0 Å². The monoisotopic (exact) mass is 339 g/mol. The highest BCUT2D eigenvalue weighted by Gasteiger charge is 2.33. The van der Waals surface area contributed by atoms with Gasteiger partial charge in [-0.15, -0.1) is 0 Å².